The Bertz CT molecular complexity index is 698. The van der Waals surface area contributed by atoms with Crippen LogP contribution in [0, 0.1) is 29.1 Å². The van der Waals surface area contributed by atoms with Crippen molar-refractivity contribution in [3.63, 3.8) is 0 Å². The van der Waals surface area contributed by atoms with Crippen LogP contribution in [0.4, 0.5) is 0 Å². The van der Waals surface area contributed by atoms with Crippen LogP contribution in [0.25, 0.3) is 0 Å². The van der Waals surface area contributed by atoms with Crippen LogP contribution in [-0.2, 0) is 11.2 Å². The molecule has 4 rings (SSSR count). The second-order valence-corrected chi connectivity index (χ2v) is 9.29. The molecule has 0 aromatic heterocycles. The third-order valence-corrected chi connectivity index (χ3v) is 7.28. The number of nitriles is 1. The number of ether oxygens (including phenoxy) is 1. The van der Waals surface area contributed by atoms with Crippen LogP contribution >= 0.6 is 0 Å². The lowest BCUT2D eigenvalue weighted by Gasteiger charge is -2.33. The fourth-order valence-electron chi connectivity index (χ4n) is 5.95. The number of aliphatic hydroxyl groups is 2. The highest BCUT2D eigenvalue weighted by molar-refractivity contribution is 5.42. The topological polar surface area (TPSA) is 73.5 Å². The third kappa shape index (κ3) is 4.43. The Kier molecular flexibility index (Phi) is 6.35. The molecular weight excluding hydrogens is 350 g/mol. The van der Waals surface area contributed by atoms with Gasteiger partial charge in [0.1, 0.15) is 0 Å². The first-order chi connectivity index (χ1) is 13.7. The zero-order valence-corrected chi connectivity index (χ0v) is 16.7. The number of fused-ring (bicyclic) bond motifs is 1. The Morgan fingerprint density at radius 3 is 2.46 bits per heavy atom. The second-order valence-electron chi connectivity index (χ2n) is 9.29. The molecule has 5 unspecified atom stereocenters. The molecule has 1 saturated heterocycles. The van der Waals surface area contributed by atoms with Gasteiger partial charge >= 0.3 is 0 Å². The minimum Gasteiger partial charge on any atom is -0.394 e. The molecule has 0 bridgehead atoms. The van der Waals surface area contributed by atoms with Gasteiger partial charge in [-0.2, -0.15) is 5.26 Å². The van der Waals surface area contributed by atoms with Crippen molar-refractivity contribution in [2.24, 2.45) is 17.8 Å². The van der Waals surface area contributed by atoms with Crippen LogP contribution in [0.5, 0.6) is 0 Å². The molecule has 28 heavy (non-hydrogen) atoms. The lowest BCUT2D eigenvalue weighted by atomic mass is 9.89. The van der Waals surface area contributed by atoms with Crippen LogP contribution in [0.15, 0.2) is 18.2 Å². The highest BCUT2D eigenvalue weighted by atomic mass is 16.5. The van der Waals surface area contributed by atoms with Gasteiger partial charge in [-0.15, -0.1) is 0 Å². The van der Waals surface area contributed by atoms with Gasteiger partial charge in [-0.05, 0) is 54.2 Å². The van der Waals surface area contributed by atoms with Crippen molar-refractivity contribution in [2.45, 2.75) is 82.5 Å². The molecule has 2 N–H and O–H groups in total. The SMILES string of the molecule is N#Cc1ccc(CC2CC3CCCCCC3C2)cc1C1CC(O)CC(CO)O1. The highest BCUT2D eigenvalue weighted by Gasteiger charge is 2.35. The molecule has 3 fully saturated rings. The first-order valence-electron chi connectivity index (χ1n) is 11.1. The summed E-state index contributed by atoms with van der Waals surface area (Å²) in [6, 6.07) is 8.42. The zero-order chi connectivity index (χ0) is 19.5. The summed E-state index contributed by atoms with van der Waals surface area (Å²) < 4.78 is 5.99. The standard InChI is InChI=1S/C24H33NO3/c25-14-20-7-6-16(8-17-9-18-4-2-1-3-5-19(18)10-17)11-23(20)24-13-21(27)12-22(15-26)28-24/h6-7,11,17-19,21-22,24,26-27H,1-5,8-10,12-13,15H2. The van der Waals surface area contributed by atoms with Crippen molar-refractivity contribution < 1.29 is 14.9 Å². The molecule has 1 aliphatic heterocycles. The minimum absolute atomic E-state index is 0.0972. The van der Waals surface area contributed by atoms with E-state index in [1.807, 2.05) is 6.07 Å². The monoisotopic (exact) mass is 383 g/mol. The summed E-state index contributed by atoms with van der Waals surface area (Å²) in [4.78, 5) is 0. The summed E-state index contributed by atoms with van der Waals surface area (Å²) in [5.41, 5.74) is 2.78. The Hall–Kier alpha value is -1.41. The highest BCUT2D eigenvalue weighted by Crippen LogP contribution is 2.45. The second kappa shape index (κ2) is 8.95. The molecule has 0 radical (unpaired) electrons. The largest absolute Gasteiger partial charge is 0.394 e. The van der Waals surface area contributed by atoms with Crippen molar-refractivity contribution in [3.05, 3.63) is 34.9 Å². The van der Waals surface area contributed by atoms with E-state index in [-0.39, 0.29) is 18.8 Å². The van der Waals surface area contributed by atoms with Crippen molar-refractivity contribution in [2.75, 3.05) is 6.61 Å². The van der Waals surface area contributed by atoms with Gasteiger partial charge in [0.2, 0.25) is 0 Å². The first kappa shape index (κ1) is 19.9. The molecule has 1 aromatic rings. The maximum absolute atomic E-state index is 10.2. The quantitative estimate of drug-likeness (QED) is 0.814. The summed E-state index contributed by atoms with van der Waals surface area (Å²) >= 11 is 0. The predicted octanol–water partition coefficient (Wildman–Crippen LogP) is 4.28. The van der Waals surface area contributed by atoms with E-state index in [0.29, 0.717) is 18.4 Å². The van der Waals surface area contributed by atoms with Gasteiger partial charge in [0.25, 0.3) is 0 Å². The molecule has 0 amide bonds. The van der Waals surface area contributed by atoms with Crippen molar-refractivity contribution in [3.8, 4) is 6.07 Å². The van der Waals surface area contributed by atoms with Gasteiger partial charge < -0.3 is 14.9 Å². The normalized spacial score (nSPS) is 35.8. The van der Waals surface area contributed by atoms with Crippen LogP contribution < -0.4 is 0 Å². The van der Waals surface area contributed by atoms with E-state index in [1.54, 1.807) is 0 Å². The Labute approximate surface area is 168 Å². The Morgan fingerprint density at radius 1 is 1.04 bits per heavy atom. The van der Waals surface area contributed by atoms with E-state index in [0.717, 1.165) is 29.7 Å². The molecule has 4 nitrogen and oxygen atoms in total. The van der Waals surface area contributed by atoms with Gasteiger partial charge in [-0.1, -0.05) is 44.2 Å². The maximum Gasteiger partial charge on any atom is 0.0995 e. The summed E-state index contributed by atoms with van der Waals surface area (Å²) in [6.45, 7) is -0.0972. The minimum atomic E-state index is -0.493. The van der Waals surface area contributed by atoms with E-state index < -0.39 is 6.10 Å². The third-order valence-electron chi connectivity index (χ3n) is 7.28. The molecule has 1 aromatic carbocycles. The van der Waals surface area contributed by atoms with Gasteiger partial charge in [-0.25, -0.2) is 0 Å². The number of rotatable bonds is 4. The molecule has 152 valence electrons. The van der Waals surface area contributed by atoms with E-state index in [9.17, 15) is 15.5 Å². The predicted molar refractivity (Wildman–Crippen MR) is 108 cm³/mol. The summed E-state index contributed by atoms with van der Waals surface area (Å²) in [7, 11) is 0. The van der Waals surface area contributed by atoms with Gasteiger partial charge in [-0.3, -0.25) is 0 Å². The average Bonchev–Trinajstić information content (AvgIpc) is 2.95. The number of hydrogen-bond acceptors (Lipinski definition) is 4. The Morgan fingerprint density at radius 2 is 1.79 bits per heavy atom. The van der Waals surface area contributed by atoms with Gasteiger partial charge in [0, 0.05) is 12.8 Å². The number of benzene rings is 1. The smallest absolute Gasteiger partial charge is 0.0995 e. The first-order valence-corrected chi connectivity index (χ1v) is 11.1. The van der Waals surface area contributed by atoms with E-state index >= 15 is 0 Å². The molecule has 3 aliphatic rings. The van der Waals surface area contributed by atoms with Crippen molar-refractivity contribution in [1.82, 2.24) is 0 Å². The molecule has 2 saturated carbocycles. The lowest BCUT2D eigenvalue weighted by Crippen LogP contribution is -2.33. The van der Waals surface area contributed by atoms with Crippen LogP contribution in [0.3, 0.4) is 0 Å². The van der Waals surface area contributed by atoms with Crippen molar-refractivity contribution >= 4 is 0 Å². The molecule has 1 heterocycles. The van der Waals surface area contributed by atoms with Crippen LogP contribution in [0.1, 0.15) is 80.6 Å². The van der Waals surface area contributed by atoms with Gasteiger partial charge in [0.05, 0.1) is 36.6 Å². The fourth-order valence-corrected chi connectivity index (χ4v) is 5.95. The lowest BCUT2D eigenvalue weighted by molar-refractivity contribution is -0.113. The van der Waals surface area contributed by atoms with Crippen LogP contribution in [-0.4, -0.2) is 29.0 Å². The fraction of sp³-hybridized carbons (Fsp3) is 0.708. The Balaban J connectivity index is 1.48. The van der Waals surface area contributed by atoms with E-state index in [4.69, 9.17) is 4.74 Å². The molecule has 4 heteroatoms. The number of aliphatic hydroxyl groups excluding tert-OH is 2. The summed E-state index contributed by atoms with van der Waals surface area (Å²) in [5.74, 6) is 2.59. The van der Waals surface area contributed by atoms with E-state index in [2.05, 4.69) is 18.2 Å². The maximum atomic E-state index is 10.2. The van der Waals surface area contributed by atoms with E-state index in [1.165, 1.54) is 50.5 Å². The number of hydrogen-bond donors (Lipinski definition) is 2. The molecule has 5 atom stereocenters. The molecule has 0 spiro atoms. The van der Waals surface area contributed by atoms with Gasteiger partial charge in [0.15, 0.2) is 0 Å². The summed E-state index contributed by atoms with van der Waals surface area (Å²) in [6.07, 6.45) is 10.6. The number of nitrogens with zero attached hydrogens (tertiary/aromatic N) is 1. The summed E-state index contributed by atoms with van der Waals surface area (Å²) in [5, 5.41) is 29.2. The zero-order valence-electron chi connectivity index (χ0n) is 16.7. The molecule has 2 aliphatic carbocycles. The van der Waals surface area contributed by atoms with Crippen molar-refractivity contribution in [1.29, 1.82) is 5.26 Å². The molecular formula is C24H33NO3. The van der Waals surface area contributed by atoms with Crippen LogP contribution in [0.2, 0.25) is 0 Å². The average molecular weight is 384 g/mol.